The number of carbonyl (C=O) groups is 2. The molecule has 1 N–H and O–H groups in total. The van der Waals surface area contributed by atoms with E-state index in [1.165, 1.54) is 4.80 Å². The quantitative estimate of drug-likeness (QED) is 0.171. The van der Waals surface area contributed by atoms with E-state index in [0.29, 0.717) is 16.8 Å². The van der Waals surface area contributed by atoms with Crippen LogP contribution in [0.5, 0.6) is 5.75 Å². The summed E-state index contributed by atoms with van der Waals surface area (Å²) in [4.78, 5) is 25.1. The summed E-state index contributed by atoms with van der Waals surface area (Å²) >= 11 is 0. The summed E-state index contributed by atoms with van der Waals surface area (Å²) in [5.41, 5.74) is 4.60. The van der Waals surface area contributed by atoms with Gasteiger partial charge in [0.15, 0.2) is 17.3 Å². The smallest absolute Gasteiger partial charge is 0.170 e. The molecule has 0 aliphatic carbocycles. The van der Waals surface area contributed by atoms with Crippen molar-refractivity contribution in [3.8, 4) is 22.6 Å². The van der Waals surface area contributed by atoms with E-state index in [-0.39, 0.29) is 29.2 Å². The van der Waals surface area contributed by atoms with Gasteiger partial charge in [0.05, 0.1) is 18.8 Å². The largest absolute Gasteiger partial charge is 0.505 e. The molecule has 0 saturated heterocycles. The second kappa shape index (κ2) is 14.5. The topological polar surface area (TPSA) is 85.1 Å². The van der Waals surface area contributed by atoms with Crippen LogP contribution in [-0.4, -0.2) is 31.7 Å². The third kappa shape index (κ3) is 8.32. The van der Waals surface area contributed by atoms with E-state index in [1.807, 2.05) is 68.4 Å². The fourth-order valence-electron chi connectivity index (χ4n) is 3.98. The zero-order valence-electron chi connectivity index (χ0n) is 24.3. The van der Waals surface area contributed by atoms with E-state index in [4.69, 9.17) is 0 Å². The van der Waals surface area contributed by atoms with E-state index >= 15 is 0 Å². The summed E-state index contributed by atoms with van der Waals surface area (Å²) in [5, 5.41) is 19.0. The summed E-state index contributed by atoms with van der Waals surface area (Å²) in [5.74, 6) is -0.0886. The number of hydrogen-bond acceptors (Lipinski definition) is 5. The first-order chi connectivity index (χ1) is 19.7. The lowest BCUT2D eigenvalue weighted by molar-refractivity contribution is 0.0894. The molecule has 210 valence electrons. The molecule has 0 bridgehead atoms. The van der Waals surface area contributed by atoms with Crippen LogP contribution in [-0.2, 0) is 5.41 Å². The average Bonchev–Trinajstić information content (AvgIpc) is 3.54. The number of aromatic hydroxyl groups is 1. The lowest BCUT2D eigenvalue weighted by Crippen LogP contribution is -2.13. The molecule has 5 rings (SSSR count). The van der Waals surface area contributed by atoms with Crippen molar-refractivity contribution >= 4 is 11.6 Å². The van der Waals surface area contributed by atoms with Crippen LogP contribution < -0.4 is 0 Å². The van der Waals surface area contributed by atoms with Gasteiger partial charge in [0.25, 0.3) is 0 Å². The summed E-state index contributed by atoms with van der Waals surface area (Å²) < 4.78 is 0. The van der Waals surface area contributed by atoms with Crippen molar-refractivity contribution in [2.75, 3.05) is 0 Å². The molecule has 0 unspecified atom stereocenters. The van der Waals surface area contributed by atoms with Crippen LogP contribution >= 0.6 is 0 Å². The molecule has 5 aromatic rings. The number of aromatic nitrogens is 3. The molecular formula is C35H37N3O3. The van der Waals surface area contributed by atoms with Gasteiger partial charge in [-0.2, -0.15) is 10.2 Å². The highest BCUT2D eigenvalue weighted by molar-refractivity contribution is 6.13. The third-order valence-electron chi connectivity index (χ3n) is 6.19. The maximum absolute atomic E-state index is 11.8. The van der Waals surface area contributed by atoms with Gasteiger partial charge in [0.2, 0.25) is 0 Å². The Kier molecular flexibility index (Phi) is 10.9. The monoisotopic (exact) mass is 547 g/mol. The summed E-state index contributed by atoms with van der Waals surface area (Å²) in [6, 6.07) is 31.6. The van der Waals surface area contributed by atoms with Crippen LogP contribution in [0.25, 0.3) is 16.8 Å². The Morgan fingerprint density at radius 3 is 1.59 bits per heavy atom. The molecule has 0 atom stereocenters. The van der Waals surface area contributed by atoms with Crippen LogP contribution in [0.2, 0.25) is 0 Å². The highest BCUT2D eigenvalue weighted by Gasteiger charge is 2.21. The Morgan fingerprint density at radius 1 is 0.707 bits per heavy atom. The first-order valence-electron chi connectivity index (χ1n) is 13.7. The van der Waals surface area contributed by atoms with Gasteiger partial charge in [0.1, 0.15) is 5.69 Å². The van der Waals surface area contributed by atoms with Gasteiger partial charge < -0.3 is 5.11 Å². The molecule has 41 heavy (non-hydrogen) atoms. The van der Waals surface area contributed by atoms with Gasteiger partial charge in [-0.1, -0.05) is 126 Å². The lowest BCUT2D eigenvalue weighted by atomic mass is 9.84. The summed E-state index contributed by atoms with van der Waals surface area (Å²) in [7, 11) is 0. The standard InChI is InChI=1S/C18H19N3O.C15H12O2.C2H6/c1-18(2,3)14-11-15(13-7-5-4-6-8-13)17(22)16(12-14)21-19-9-10-20-21;16-14(12-7-3-1-4-8-12)11-15(17)13-9-5-2-6-10-13;1-2/h4-12,22H,1-3H3;1-10H,11H2;1-2H3. The van der Waals surface area contributed by atoms with Crippen molar-refractivity contribution in [1.29, 1.82) is 0 Å². The number of hydrogen-bond donors (Lipinski definition) is 1. The normalized spacial score (nSPS) is 10.5. The van der Waals surface area contributed by atoms with E-state index in [9.17, 15) is 14.7 Å². The number of benzene rings is 4. The first-order valence-corrected chi connectivity index (χ1v) is 13.7. The van der Waals surface area contributed by atoms with Crippen molar-refractivity contribution in [2.45, 2.75) is 46.5 Å². The van der Waals surface area contributed by atoms with Crippen LogP contribution in [0.15, 0.2) is 116 Å². The molecule has 4 aromatic carbocycles. The van der Waals surface area contributed by atoms with Gasteiger partial charge in [-0.15, -0.1) is 4.80 Å². The van der Waals surface area contributed by atoms with E-state index in [2.05, 4.69) is 31.0 Å². The van der Waals surface area contributed by atoms with Gasteiger partial charge in [-0.3, -0.25) is 9.59 Å². The molecular weight excluding hydrogens is 510 g/mol. The number of nitrogens with zero attached hydrogens (tertiary/aromatic N) is 3. The fraction of sp³-hybridized carbons (Fsp3) is 0.200. The predicted octanol–water partition coefficient (Wildman–Crippen LogP) is 8.11. The molecule has 0 radical (unpaired) electrons. The maximum Gasteiger partial charge on any atom is 0.170 e. The number of ketones is 2. The summed E-state index contributed by atoms with van der Waals surface area (Å²) in [6.45, 7) is 10.4. The minimum absolute atomic E-state index is 0.0425. The molecule has 0 fully saturated rings. The van der Waals surface area contributed by atoms with Crippen LogP contribution in [0.4, 0.5) is 0 Å². The SMILES string of the molecule is CC.CC(C)(C)c1cc(-c2ccccc2)c(O)c(-n2nccn2)c1.O=C(CC(=O)c1ccccc1)c1ccccc1. The van der Waals surface area contributed by atoms with Gasteiger partial charge in [0, 0.05) is 16.7 Å². The van der Waals surface area contributed by atoms with Gasteiger partial charge in [-0.25, -0.2) is 0 Å². The van der Waals surface area contributed by atoms with Crippen molar-refractivity contribution in [3.05, 3.63) is 132 Å². The highest BCUT2D eigenvalue weighted by Crippen LogP contribution is 2.38. The molecule has 1 aromatic heterocycles. The Bertz CT molecular complexity index is 1480. The Hall–Kier alpha value is -4.84. The maximum atomic E-state index is 11.8. The van der Waals surface area contributed by atoms with Crippen molar-refractivity contribution in [3.63, 3.8) is 0 Å². The Morgan fingerprint density at radius 2 is 1.15 bits per heavy atom. The Labute approximate surface area is 242 Å². The minimum Gasteiger partial charge on any atom is -0.505 e. The summed E-state index contributed by atoms with van der Waals surface area (Å²) in [6.07, 6.45) is 3.13. The van der Waals surface area contributed by atoms with E-state index in [0.717, 1.165) is 16.7 Å². The highest BCUT2D eigenvalue weighted by atomic mass is 16.3. The molecule has 1 heterocycles. The number of phenolic OH excluding ortho intramolecular Hbond substituents is 1. The zero-order chi connectivity index (χ0) is 29.8. The zero-order valence-corrected chi connectivity index (χ0v) is 24.3. The number of Topliss-reactive ketones (excluding diaryl/α,β-unsaturated/α-hetero) is 2. The number of phenols is 1. The minimum atomic E-state index is -0.139. The van der Waals surface area contributed by atoms with Crippen molar-refractivity contribution in [2.24, 2.45) is 0 Å². The van der Waals surface area contributed by atoms with Crippen LogP contribution in [0.1, 0.15) is 67.3 Å². The second-order valence-electron chi connectivity index (χ2n) is 10.1. The van der Waals surface area contributed by atoms with Crippen LogP contribution in [0.3, 0.4) is 0 Å². The lowest BCUT2D eigenvalue weighted by Gasteiger charge is -2.22. The fourth-order valence-corrected chi connectivity index (χ4v) is 3.98. The molecule has 6 nitrogen and oxygen atoms in total. The molecule has 6 heteroatoms. The molecule has 0 aliphatic heterocycles. The van der Waals surface area contributed by atoms with Crippen molar-refractivity contribution < 1.29 is 14.7 Å². The van der Waals surface area contributed by atoms with Crippen molar-refractivity contribution in [1.82, 2.24) is 15.0 Å². The molecule has 0 spiro atoms. The average molecular weight is 548 g/mol. The number of rotatable bonds is 6. The third-order valence-corrected chi connectivity index (χ3v) is 6.19. The first kappa shape index (κ1) is 30.7. The second-order valence-corrected chi connectivity index (χ2v) is 10.1. The van der Waals surface area contributed by atoms with E-state index < -0.39 is 0 Å². The molecule has 0 saturated carbocycles. The number of carbonyl (C=O) groups excluding carboxylic acids is 2. The Balaban J connectivity index is 0.000000219. The van der Waals surface area contributed by atoms with Gasteiger partial charge >= 0.3 is 0 Å². The molecule has 0 amide bonds. The van der Waals surface area contributed by atoms with E-state index in [1.54, 1.807) is 60.9 Å². The van der Waals surface area contributed by atoms with Crippen LogP contribution in [0, 0.1) is 0 Å². The predicted molar refractivity (Wildman–Crippen MR) is 165 cm³/mol. The molecule has 0 aliphatic rings. The van der Waals surface area contributed by atoms with Gasteiger partial charge in [-0.05, 0) is 28.7 Å².